The van der Waals surface area contributed by atoms with E-state index >= 15 is 0 Å². The SMILES string of the molecule is C#Cc1ccc2[nH]nc(C(=O)NC3CN4CCC3CC4)c2c1. The molecular weight excluding hydrogens is 276 g/mol. The zero-order chi connectivity index (χ0) is 15.1. The first-order valence-corrected chi connectivity index (χ1v) is 7.72. The van der Waals surface area contributed by atoms with Gasteiger partial charge in [0.2, 0.25) is 0 Å². The average molecular weight is 294 g/mol. The number of fused-ring (bicyclic) bond motifs is 4. The molecular formula is C17H18N4O. The Bertz CT molecular complexity index is 765. The van der Waals surface area contributed by atoms with Crippen molar-refractivity contribution in [3.05, 3.63) is 29.5 Å². The first-order valence-electron chi connectivity index (χ1n) is 7.72. The Morgan fingerprint density at radius 1 is 1.41 bits per heavy atom. The minimum atomic E-state index is -0.112. The van der Waals surface area contributed by atoms with Gasteiger partial charge in [-0.2, -0.15) is 5.10 Å². The summed E-state index contributed by atoms with van der Waals surface area (Å²) in [5.41, 5.74) is 2.02. The maximum absolute atomic E-state index is 12.6. The summed E-state index contributed by atoms with van der Waals surface area (Å²) in [6.07, 6.45) is 7.79. The highest BCUT2D eigenvalue weighted by Gasteiger charge is 2.35. The van der Waals surface area contributed by atoms with E-state index in [-0.39, 0.29) is 11.9 Å². The van der Waals surface area contributed by atoms with E-state index < -0.39 is 0 Å². The fraction of sp³-hybridized carbons (Fsp3) is 0.412. The van der Waals surface area contributed by atoms with Crippen LogP contribution >= 0.6 is 0 Å². The van der Waals surface area contributed by atoms with Gasteiger partial charge in [0, 0.05) is 23.5 Å². The number of nitrogens with zero attached hydrogens (tertiary/aromatic N) is 2. The van der Waals surface area contributed by atoms with Crippen molar-refractivity contribution >= 4 is 16.8 Å². The van der Waals surface area contributed by atoms with Crippen LogP contribution in [0.15, 0.2) is 18.2 Å². The molecule has 5 rings (SSSR count). The molecule has 0 radical (unpaired) electrons. The summed E-state index contributed by atoms with van der Waals surface area (Å²) in [5, 5.41) is 11.0. The van der Waals surface area contributed by atoms with Crippen LogP contribution in [0.1, 0.15) is 28.9 Å². The van der Waals surface area contributed by atoms with Crippen molar-refractivity contribution in [1.82, 2.24) is 20.4 Å². The maximum Gasteiger partial charge on any atom is 0.272 e. The molecule has 5 heteroatoms. The maximum atomic E-state index is 12.6. The zero-order valence-corrected chi connectivity index (χ0v) is 12.3. The molecule has 0 saturated carbocycles. The fourth-order valence-electron chi connectivity index (χ4n) is 3.64. The smallest absolute Gasteiger partial charge is 0.272 e. The van der Waals surface area contributed by atoms with Gasteiger partial charge >= 0.3 is 0 Å². The van der Waals surface area contributed by atoms with Gasteiger partial charge in [-0.3, -0.25) is 9.89 Å². The van der Waals surface area contributed by atoms with Crippen LogP contribution in [0.4, 0.5) is 0 Å². The van der Waals surface area contributed by atoms with E-state index in [1.54, 1.807) is 0 Å². The molecule has 1 unspecified atom stereocenters. The Morgan fingerprint density at radius 3 is 2.91 bits per heavy atom. The predicted molar refractivity (Wildman–Crippen MR) is 84.4 cm³/mol. The summed E-state index contributed by atoms with van der Waals surface area (Å²) in [5.74, 6) is 3.08. The van der Waals surface area contributed by atoms with E-state index in [4.69, 9.17) is 6.42 Å². The molecule has 2 aromatic rings. The van der Waals surface area contributed by atoms with Crippen molar-refractivity contribution in [2.75, 3.05) is 19.6 Å². The third-order valence-electron chi connectivity index (χ3n) is 4.92. The van der Waals surface area contributed by atoms with Crippen LogP contribution in [0.5, 0.6) is 0 Å². The van der Waals surface area contributed by atoms with Crippen molar-refractivity contribution in [3.8, 4) is 12.3 Å². The van der Waals surface area contributed by atoms with E-state index in [9.17, 15) is 4.79 Å². The van der Waals surface area contributed by atoms with Gasteiger partial charge in [-0.15, -0.1) is 6.42 Å². The Hall–Kier alpha value is -2.32. The highest BCUT2D eigenvalue weighted by Crippen LogP contribution is 2.28. The lowest BCUT2D eigenvalue weighted by atomic mass is 9.84. The third-order valence-corrected chi connectivity index (χ3v) is 4.92. The van der Waals surface area contributed by atoms with Crippen LogP contribution in [-0.4, -0.2) is 46.7 Å². The number of terminal acetylenes is 1. The molecule has 4 heterocycles. The number of piperidine rings is 3. The van der Waals surface area contributed by atoms with Crippen LogP contribution in [0, 0.1) is 18.3 Å². The highest BCUT2D eigenvalue weighted by molar-refractivity contribution is 6.05. The summed E-state index contributed by atoms with van der Waals surface area (Å²) in [4.78, 5) is 15.0. The second-order valence-corrected chi connectivity index (χ2v) is 6.19. The number of hydrogen-bond donors (Lipinski definition) is 2. The Kier molecular flexibility index (Phi) is 3.12. The van der Waals surface area contributed by atoms with Crippen molar-refractivity contribution < 1.29 is 4.79 Å². The Morgan fingerprint density at radius 2 is 2.23 bits per heavy atom. The summed E-state index contributed by atoms with van der Waals surface area (Å²) in [6, 6.07) is 5.78. The lowest BCUT2D eigenvalue weighted by Gasteiger charge is -2.44. The number of aromatic nitrogens is 2. The number of nitrogens with one attached hydrogen (secondary N) is 2. The van der Waals surface area contributed by atoms with Gasteiger partial charge < -0.3 is 10.2 Å². The van der Waals surface area contributed by atoms with Gasteiger partial charge in [-0.25, -0.2) is 0 Å². The van der Waals surface area contributed by atoms with E-state index in [2.05, 4.69) is 26.3 Å². The molecule has 3 saturated heterocycles. The largest absolute Gasteiger partial charge is 0.346 e. The van der Waals surface area contributed by atoms with Crippen LogP contribution in [-0.2, 0) is 0 Å². The third kappa shape index (κ3) is 2.16. The molecule has 3 aliphatic rings. The van der Waals surface area contributed by atoms with Gasteiger partial charge in [-0.1, -0.05) is 5.92 Å². The molecule has 5 nitrogen and oxygen atoms in total. The van der Waals surface area contributed by atoms with Crippen LogP contribution < -0.4 is 5.32 Å². The predicted octanol–water partition coefficient (Wildman–Crippen LogP) is 1.37. The van der Waals surface area contributed by atoms with Gasteiger partial charge in [0.25, 0.3) is 5.91 Å². The first-order chi connectivity index (χ1) is 10.7. The van der Waals surface area contributed by atoms with Crippen molar-refractivity contribution in [2.24, 2.45) is 5.92 Å². The molecule has 1 amide bonds. The van der Waals surface area contributed by atoms with Gasteiger partial charge in [0.15, 0.2) is 5.69 Å². The Labute approximate surface area is 129 Å². The molecule has 22 heavy (non-hydrogen) atoms. The standard InChI is InChI=1S/C17H18N4O/c1-2-11-3-4-14-13(9-11)16(20-19-14)17(22)18-15-10-21-7-5-12(15)6-8-21/h1,3-4,9,12,15H,5-8,10H2,(H,18,22)(H,19,20). The zero-order valence-electron chi connectivity index (χ0n) is 12.3. The first kappa shape index (κ1) is 13.4. The van der Waals surface area contributed by atoms with Crippen LogP contribution in [0.25, 0.3) is 10.9 Å². The molecule has 0 spiro atoms. The van der Waals surface area contributed by atoms with Gasteiger partial charge in [0.1, 0.15) is 0 Å². The second kappa shape index (κ2) is 5.15. The number of carbonyl (C=O) groups excluding carboxylic acids is 1. The molecule has 2 bridgehead atoms. The van der Waals surface area contributed by atoms with E-state index in [0.717, 1.165) is 36.1 Å². The summed E-state index contributed by atoms with van der Waals surface area (Å²) < 4.78 is 0. The summed E-state index contributed by atoms with van der Waals surface area (Å²) >= 11 is 0. The Balaban J connectivity index is 1.59. The monoisotopic (exact) mass is 294 g/mol. The van der Waals surface area contributed by atoms with Crippen LogP contribution in [0.2, 0.25) is 0 Å². The number of H-pyrrole nitrogens is 1. The number of benzene rings is 1. The highest BCUT2D eigenvalue weighted by atomic mass is 16.2. The fourth-order valence-corrected chi connectivity index (χ4v) is 3.64. The second-order valence-electron chi connectivity index (χ2n) is 6.19. The quantitative estimate of drug-likeness (QED) is 0.822. The molecule has 1 aromatic carbocycles. The minimum Gasteiger partial charge on any atom is -0.346 e. The molecule has 0 aliphatic carbocycles. The number of aromatic amines is 1. The lowest BCUT2D eigenvalue weighted by Crippen LogP contribution is -2.57. The number of amides is 1. The molecule has 1 aromatic heterocycles. The number of hydrogen-bond acceptors (Lipinski definition) is 3. The van der Waals surface area contributed by atoms with Gasteiger partial charge in [-0.05, 0) is 50.0 Å². The van der Waals surface area contributed by atoms with Crippen LogP contribution in [0.3, 0.4) is 0 Å². The van der Waals surface area contributed by atoms with E-state index in [1.807, 2.05) is 18.2 Å². The number of carbonyl (C=O) groups is 1. The summed E-state index contributed by atoms with van der Waals surface area (Å²) in [7, 11) is 0. The van der Waals surface area contributed by atoms with E-state index in [1.165, 1.54) is 12.8 Å². The van der Waals surface area contributed by atoms with E-state index in [0.29, 0.717) is 11.6 Å². The minimum absolute atomic E-state index is 0.112. The molecule has 2 N–H and O–H groups in total. The van der Waals surface area contributed by atoms with Crippen molar-refractivity contribution in [1.29, 1.82) is 0 Å². The van der Waals surface area contributed by atoms with Crippen molar-refractivity contribution in [2.45, 2.75) is 18.9 Å². The van der Waals surface area contributed by atoms with Crippen molar-refractivity contribution in [3.63, 3.8) is 0 Å². The molecule has 3 aliphatic heterocycles. The number of rotatable bonds is 2. The topological polar surface area (TPSA) is 61.0 Å². The molecule has 3 fully saturated rings. The molecule has 1 atom stereocenters. The summed E-state index contributed by atoms with van der Waals surface area (Å²) in [6.45, 7) is 3.27. The van der Waals surface area contributed by atoms with Gasteiger partial charge in [0.05, 0.1) is 5.52 Å². The normalized spacial score (nSPS) is 26.8. The average Bonchev–Trinajstić information content (AvgIpc) is 2.99. The lowest BCUT2D eigenvalue weighted by molar-refractivity contribution is 0.0618. The molecule has 112 valence electrons.